The van der Waals surface area contributed by atoms with Crippen LogP contribution in [0.3, 0.4) is 0 Å². The predicted octanol–water partition coefficient (Wildman–Crippen LogP) is 8.97. The van der Waals surface area contributed by atoms with Crippen LogP contribution in [0, 0.1) is 12.3 Å². The highest BCUT2D eigenvalue weighted by Gasteiger charge is 2.50. The number of para-hydroxylation sites is 1. The van der Waals surface area contributed by atoms with Crippen LogP contribution in [0.1, 0.15) is 89.8 Å². The molecular formula is C42H48F3N5O7S. The van der Waals surface area contributed by atoms with E-state index in [0.717, 1.165) is 16.5 Å². The summed E-state index contributed by atoms with van der Waals surface area (Å²) in [4.78, 5) is 31.5. The second-order valence-corrected chi connectivity index (χ2v) is 18.5. The number of carbonyl (C=O) groups is 1. The van der Waals surface area contributed by atoms with Gasteiger partial charge in [0.05, 0.1) is 23.0 Å². The lowest BCUT2D eigenvalue weighted by molar-refractivity contribution is -0.171. The van der Waals surface area contributed by atoms with E-state index < -0.39 is 45.3 Å². The van der Waals surface area contributed by atoms with E-state index >= 15 is 0 Å². The second-order valence-electron chi connectivity index (χ2n) is 17.0. The summed E-state index contributed by atoms with van der Waals surface area (Å²) in [5, 5.41) is 0.875. The number of hydrogen-bond donors (Lipinski definition) is 0. The molecule has 0 spiro atoms. The third-order valence-corrected chi connectivity index (χ3v) is 11.5. The quantitative estimate of drug-likeness (QED) is 0.0797. The van der Waals surface area contributed by atoms with Crippen LogP contribution < -0.4 is 14.0 Å². The van der Waals surface area contributed by atoms with Crippen LogP contribution in [0.5, 0.6) is 5.88 Å². The lowest BCUT2D eigenvalue weighted by Crippen LogP contribution is -2.40. The highest BCUT2D eigenvalue weighted by molar-refractivity contribution is 7.88. The number of alkyl halides is 3. The molecule has 5 aromatic rings. The van der Waals surface area contributed by atoms with Crippen molar-refractivity contribution in [1.82, 2.24) is 15.0 Å². The number of benzene rings is 2. The van der Waals surface area contributed by atoms with Crippen LogP contribution in [0.25, 0.3) is 33.2 Å². The first-order valence-corrected chi connectivity index (χ1v) is 20.7. The average Bonchev–Trinajstić information content (AvgIpc) is 3.51. The van der Waals surface area contributed by atoms with Crippen molar-refractivity contribution < 1.29 is 44.5 Å². The number of anilines is 2. The highest BCUT2D eigenvalue weighted by Crippen LogP contribution is 2.49. The molecule has 1 saturated heterocycles. The summed E-state index contributed by atoms with van der Waals surface area (Å²) in [6, 6.07) is 13.0. The molecule has 0 aliphatic carbocycles. The maximum Gasteiger partial charge on any atom is 0.534 e. The first-order valence-electron chi connectivity index (χ1n) is 19.3. The molecule has 1 fully saturated rings. The normalized spacial score (nSPS) is 16.8. The Morgan fingerprint density at radius 2 is 1.67 bits per heavy atom. The Labute approximate surface area is 335 Å². The third-order valence-electron chi connectivity index (χ3n) is 10.5. The van der Waals surface area contributed by atoms with Crippen LogP contribution in [0.2, 0.25) is 0 Å². The number of carbonyl (C=O) groups excluding carboxylic acids is 1. The van der Waals surface area contributed by atoms with E-state index in [9.17, 15) is 26.4 Å². The predicted molar refractivity (Wildman–Crippen MR) is 214 cm³/mol. The molecule has 0 bridgehead atoms. The fourth-order valence-electron chi connectivity index (χ4n) is 7.62. The molecule has 2 aliphatic heterocycles. The van der Waals surface area contributed by atoms with Crippen LogP contribution in [0.4, 0.5) is 24.7 Å². The van der Waals surface area contributed by atoms with Crippen molar-refractivity contribution in [1.29, 1.82) is 0 Å². The summed E-state index contributed by atoms with van der Waals surface area (Å²) < 4.78 is 90.9. The lowest BCUT2D eigenvalue weighted by Gasteiger charge is -2.41. The number of hydrogen-bond acceptors (Lipinski definition) is 12. The van der Waals surface area contributed by atoms with Gasteiger partial charge in [0, 0.05) is 42.8 Å². The molecule has 0 radical (unpaired) electrons. The smallest absolute Gasteiger partial charge is 0.461 e. The Kier molecular flexibility index (Phi) is 10.7. The summed E-state index contributed by atoms with van der Waals surface area (Å²) in [6.45, 7) is 16.3. The molecule has 0 N–H and O–H groups in total. The van der Waals surface area contributed by atoms with Crippen LogP contribution in [0.15, 0.2) is 53.2 Å². The van der Waals surface area contributed by atoms with Gasteiger partial charge >= 0.3 is 21.6 Å². The summed E-state index contributed by atoms with van der Waals surface area (Å²) in [5.74, 6) is -0.842. The van der Waals surface area contributed by atoms with Gasteiger partial charge in [-0.25, -0.2) is 19.7 Å². The number of esters is 1. The molecule has 12 nitrogen and oxygen atoms in total. The summed E-state index contributed by atoms with van der Waals surface area (Å²) in [5.41, 5.74) is -1.95. The van der Waals surface area contributed by atoms with E-state index in [0.29, 0.717) is 79.2 Å². The summed E-state index contributed by atoms with van der Waals surface area (Å²) in [6.07, 6.45) is 1.52. The van der Waals surface area contributed by atoms with E-state index in [-0.39, 0.29) is 22.2 Å². The number of aromatic nitrogens is 3. The number of ether oxygens (including phenoxy) is 2. The van der Waals surface area contributed by atoms with Gasteiger partial charge in [0.2, 0.25) is 5.88 Å². The molecule has 1 unspecified atom stereocenters. The SMILES string of the molecule is Cc1nc(OS(=O)(=O)C(F)(F)F)c(-c2ccc3c(c2)CCN(c2ncnc4c2oc2ccccc24)C3)c(N2CCC(C)(C)CC2)c1C(OC(C)(C)C)C(=O)OC(C)C. The molecule has 0 amide bonds. The topological polar surface area (TPSA) is 137 Å². The first-order chi connectivity index (χ1) is 27.1. The number of pyridine rings is 1. The molecule has 58 heavy (non-hydrogen) atoms. The Morgan fingerprint density at radius 3 is 2.34 bits per heavy atom. The number of fused-ring (bicyclic) bond motifs is 4. The van der Waals surface area contributed by atoms with E-state index in [1.807, 2.05) is 41.3 Å². The van der Waals surface area contributed by atoms with E-state index in [2.05, 4.69) is 33.7 Å². The van der Waals surface area contributed by atoms with Crippen LogP contribution >= 0.6 is 0 Å². The van der Waals surface area contributed by atoms with E-state index in [1.54, 1.807) is 40.7 Å². The maximum atomic E-state index is 14.0. The molecule has 310 valence electrons. The molecule has 0 saturated carbocycles. The van der Waals surface area contributed by atoms with Gasteiger partial charge in [-0.1, -0.05) is 44.2 Å². The van der Waals surface area contributed by atoms with Crippen molar-refractivity contribution in [3.63, 3.8) is 0 Å². The zero-order valence-corrected chi connectivity index (χ0v) is 34.7. The number of rotatable bonds is 9. The molecular weight excluding hydrogens is 776 g/mol. The lowest BCUT2D eigenvalue weighted by atomic mass is 9.82. The number of nitrogens with zero attached hydrogens (tertiary/aromatic N) is 5. The molecule has 2 aromatic carbocycles. The first kappa shape index (κ1) is 41.2. The Balaban J connectivity index is 1.41. The summed E-state index contributed by atoms with van der Waals surface area (Å²) >= 11 is 0. The van der Waals surface area contributed by atoms with E-state index in [4.69, 9.17) is 18.1 Å². The maximum absolute atomic E-state index is 14.0. The van der Waals surface area contributed by atoms with Gasteiger partial charge in [0.25, 0.3) is 0 Å². The molecule has 7 rings (SSSR count). The largest absolute Gasteiger partial charge is 0.534 e. The van der Waals surface area contributed by atoms with Crippen molar-refractivity contribution in [2.24, 2.45) is 5.41 Å². The van der Waals surface area contributed by atoms with Crippen molar-refractivity contribution in [3.05, 3.63) is 71.2 Å². The number of halogens is 3. The zero-order valence-electron chi connectivity index (χ0n) is 33.9. The van der Waals surface area contributed by atoms with Gasteiger partial charge < -0.3 is 27.9 Å². The van der Waals surface area contributed by atoms with E-state index in [1.165, 1.54) is 13.3 Å². The minimum absolute atomic E-state index is 0.00185. The second kappa shape index (κ2) is 15.0. The van der Waals surface area contributed by atoms with Gasteiger partial charge in [0.1, 0.15) is 17.4 Å². The van der Waals surface area contributed by atoms with Crippen LogP contribution in [-0.4, -0.2) is 66.2 Å². The monoisotopic (exact) mass is 823 g/mol. The molecule has 5 heterocycles. The molecule has 3 aromatic heterocycles. The Morgan fingerprint density at radius 1 is 0.966 bits per heavy atom. The van der Waals surface area contributed by atoms with Crippen molar-refractivity contribution in [2.45, 2.75) is 105 Å². The summed E-state index contributed by atoms with van der Waals surface area (Å²) in [7, 11) is -6.17. The van der Waals surface area contributed by atoms with Gasteiger partial charge in [-0.2, -0.15) is 21.6 Å². The van der Waals surface area contributed by atoms with Gasteiger partial charge in [-0.15, -0.1) is 0 Å². The third kappa shape index (κ3) is 8.17. The highest BCUT2D eigenvalue weighted by atomic mass is 32.2. The molecule has 1 atom stereocenters. The van der Waals surface area contributed by atoms with Gasteiger partial charge in [-0.05, 0) is 95.0 Å². The zero-order chi connectivity index (χ0) is 41.9. The van der Waals surface area contributed by atoms with Gasteiger partial charge in [-0.3, -0.25) is 0 Å². The van der Waals surface area contributed by atoms with Crippen molar-refractivity contribution >= 4 is 49.7 Å². The molecule has 16 heteroatoms. The Bertz CT molecular complexity index is 2490. The van der Waals surface area contributed by atoms with Crippen molar-refractivity contribution in [3.8, 4) is 17.0 Å². The average molecular weight is 824 g/mol. The number of piperidine rings is 1. The molecule has 2 aliphatic rings. The van der Waals surface area contributed by atoms with Gasteiger partial charge in [0.15, 0.2) is 17.5 Å². The number of furan rings is 1. The minimum atomic E-state index is -6.17. The minimum Gasteiger partial charge on any atom is -0.461 e. The van der Waals surface area contributed by atoms with Crippen molar-refractivity contribution in [2.75, 3.05) is 29.4 Å². The fraction of sp³-hybridized carbons (Fsp3) is 0.476. The van der Waals surface area contributed by atoms with Crippen LogP contribution in [-0.2, 0) is 37.4 Å². The Hall–Kier alpha value is -4.96. The fourth-order valence-corrected chi connectivity index (χ4v) is 8.05. The number of aryl methyl sites for hydroxylation is 1. The standard InChI is InChI=1S/C42H48F3N5O7S/c1-24(2)54-39(51)35(56-40(4,5)6)31-25(3)48-38(57-58(52,53)42(43,44)45)32(34(31)49-19-16-41(7,8)17-20-49)27-13-14-28-22-50(18-15-26(28)21-27)37-36-33(46-23-47-37)29-11-9-10-12-30(29)55-36/h9-14,21,23-24,35H,15-20,22H2,1-8H3.